The second-order valence-corrected chi connectivity index (χ2v) is 12.4. The van der Waals surface area contributed by atoms with Gasteiger partial charge in [0.2, 0.25) is 0 Å². The smallest absolute Gasteiger partial charge is 0.192 e. The Labute approximate surface area is 120 Å². The molecule has 0 aliphatic heterocycles. The van der Waals surface area contributed by atoms with Crippen LogP contribution in [0.1, 0.15) is 48.5 Å². The predicted octanol–water partition coefficient (Wildman–Crippen LogP) is 3.41. The summed E-state index contributed by atoms with van der Waals surface area (Å²) in [6.07, 6.45) is -1.48. The normalized spacial score (nSPS) is 20.2. The number of hydrogen-bond acceptors (Lipinski definition) is 3. The third-order valence-electron chi connectivity index (χ3n) is 4.45. The van der Waals surface area contributed by atoms with Crippen molar-refractivity contribution >= 4 is 8.32 Å². The van der Waals surface area contributed by atoms with Crippen LogP contribution < -0.4 is 0 Å². The summed E-state index contributed by atoms with van der Waals surface area (Å²) in [4.78, 5) is 0. The Kier molecular flexibility index (Phi) is 6.73. The minimum atomic E-state index is -1.87. The number of aliphatic hydroxyl groups excluding tert-OH is 2. The molecule has 0 saturated heterocycles. The third kappa shape index (κ3) is 5.18. The summed E-state index contributed by atoms with van der Waals surface area (Å²) >= 11 is 0. The van der Waals surface area contributed by atoms with Gasteiger partial charge in [0, 0.05) is 5.92 Å². The molecule has 0 amide bonds. The Morgan fingerprint density at radius 1 is 0.947 bits per heavy atom. The van der Waals surface area contributed by atoms with Crippen molar-refractivity contribution in [3.8, 4) is 0 Å². The molecule has 19 heavy (non-hydrogen) atoms. The molecule has 4 atom stereocenters. The molecule has 0 spiro atoms. The molecule has 0 rings (SSSR count). The van der Waals surface area contributed by atoms with Crippen LogP contribution in [0.25, 0.3) is 0 Å². The highest BCUT2D eigenvalue weighted by molar-refractivity contribution is 6.74. The van der Waals surface area contributed by atoms with Gasteiger partial charge in [0.25, 0.3) is 0 Å². The van der Waals surface area contributed by atoms with Gasteiger partial charge >= 0.3 is 0 Å². The summed E-state index contributed by atoms with van der Waals surface area (Å²) in [6, 6.07) is 0. The highest BCUT2D eigenvalue weighted by Gasteiger charge is 2.42. The van der Waals surface area contributed by atoms with E-state index >= 15 is 0 Å². The van der Waals surface area contributed by atoms with Gasteiger partial charge in [-0.25, -0.2) is 0 Å². The van der Waals surface area contributed by atoms with Crippen molar-refractivity contribution in [3.63, 3.8) is 0 Å². The summed E-state index contributed by atoms with van der Waals surface area (Å²) in [6.45, 7) is 18.9. The van der Waals surface area contributed by atoms with Gasteiger partial charge in [-0.3, -0.25) is 0 Å². The molecule has 0 aliphatic rings. The molecule has 0 bridgehead atoms. The fraction of sp³-hybridized carbons (Fsp3) is 1.00. The molecule has 0 unspecified atom stereocenters. The maximum Gasteiger partial charge on any atom is 0.192 e. The van der Waals surface area contributed by atoms with Gasteiger partial charge < -0.3 is 14.6 Å². The molecule has 0 aromatic heterocycles. The van der Waals surface area contributed by atoms with E-state index in [0.29, 0.717) is 5.92 Å². The number of aliphatic hydroxyl groups is 2. The summed E-state index contributed by atoms with van der Waals surface area (Å²) in [5.74, 6) is 0.242. The van der Waals surface area contributed by atoms with Gasteiger partial charge in [-0.05, 0) is 31.0 Å². The largest absolute Gasteiger partial charge is 0.413 e. The van der Waals surface area contributed by atoms with Gasteiger partial charge in [-0.1, -0.05) is 41.5 Å². The van der Waals surface area contributed by atoms with Crippen LogP contribution in [0.5, 0.6) is 0 Å². The van der Waals surface area contributed by atoms with Crippen molar-refractivity contribution in [3.05, 3.63) is 0 Å². The minimum absolute atomic E-state index is 0.0227. The Morgan fingerprint density at radius 3 is 1.63 bits per heavy atom. The van der Waals surface area contributed by atoms with Gasteiger partial charge in [-0.2, -0.15) is 0 Å². The first-order chi connectivity index (χ1) is 8.31. The van der Waals surface area contributed by atoms with Crippen LogP contribution in [0.15, 0.2) is 0 Å². The van der Waals surface area contributed by atoms with Crippen LogP contribution in [0.4, 0.5) is 0 Å². The minimum Gasteiger partial charge on any atom is -0.413 e. The lowest BCUT2D eigenvalue weighted by Gasteiger charge is -2.43. The monoisotopic (exact) mass is 290 g/mol. The molecule has 0 aromatic carbocycles. The molecular formula is C15H34O3Si. The zero-order valence-corrected chi connectivity index (χ0v) is 15.2. The molecule has 4 heteroatoms. The van der Waals surface area contributed by atoms with E-state index in [1.165, 1.54) is 0 Å². The molecule has 0 fully saturated rings. The van der Waals surface area contributed by atoms with E-state index < -0.39 is 20.5 Å². The molecule has 0 radical (unpaired) electrons. The molecule has 3 nitrogen and oxygen atoms in total. The van der Waals surface area contributed by atoms with Crippen LogP contribution in [-0.4, -0.2) is 36.8 Å². The Morgan fingerprint density at radius 2 is 1.37 bits per heavy atom. The highest BCUT2D eigenvalue weighted by Crippen LogP contribution is 2.39. The van der Waals surface area contributed by atoms with Gasteiger partial charge in [0.05, 0.1) is 18.3 Å². The second-order valence-electron chi connectivity index (χ2n) is 7.68. The summed E-state index contributed by atoms with van der Waals surface area (Å²) < 4.78 is 6.46. The lowest BCUT2D eigenvalue weighted by molar-refractivity contribution is -0.0517. The van der Waals surface area contributed by atoms with E-state index in [9.17, 15) is 10.2 Å². The third-order valence-corrected chi connectivity index (χ3v) is 8.92. The van der Waals surface area contributed by atoms with Crippen molar-refractivity contribution < 1.29 is 14.6 Å². The van der Waals surface area contributed by atoms with E-state index in [4.69, 9.17) is 4.43 Å². The first kappa shape index (κ1) is 19.1. The molecule has 0 aromatic rings. The van der Waals surface area contributed by atoms with E-state index in [0.717, 1.165) is 0 Å². The van der Waals surface area contributed by atoms with Crippen molar-refractivity contribution in [2.24, 2.45) is 11.8 Å². The van der Waals surface area contributed by atoms with E-state index in [1.54, 1.807) is 6.92 Å². The summed E-state index contributed by atoms with van der Waals surface area (Å²) in [5, 5.41) is 19.8. The standard InChI is InChI=1S/C15H34O3Si/c1-10(2)14(11(3)13(17)12(4)16)18-19(8,9)15(5,6)7/h10-14,16-17H,1-9H3/t11-,12-,13+,14+/m0/s1. The van der Waals surface area contributed by atoms with Gasteiger partial charge in [-0.15, -0.1) is 0 Å². The average molecular weight is 291 g/mol. The molecule has 0 saturated carbocycles. The Balaban J connectivity index is 5.05. The molecular weight excluding hydrogens is 256 g/mol. The lowest BCUT2D eigenvalue weighted by atomic mass is 9.88. The Bertz CT molecular complexity index is 269. The SMILES string of the molecule is CC(C)[C@@H](O[Si](C)(C)C(C)(C)C)[C@@H](C)[C@@H](O)[C@H](C)O. The van der Waals surface area contributed by atoms with Crippen molar-refractivity contribution in [2.75, 3.05) is 0 Å². The molecule has 0 heterocycles. The van der Waals surface area contributed by atoms with Crippen LogP contribution in [0.3, 0.4) is 0 Å². The quantitative estimate of drug-likeness (QED) is 0.737. The molecule has 2 N–H and O–H groups in total. The first-order valence-corrected chi connectivity index (χ1v) is 10.3. The zero-order chi connectivity index (χ0) is 15.6. The fourth-order valence-electron chi connectivity index (χ4n) is 2.00. The molecule has 0 aliphatic carbocycles. The zero-order valence-electron chi connectivity index (χ0n) is 14.2. The molecule has 116 valence electrons. The van der Waals surface area contributed by atoms with Gasteiger partial charge in [0.1, 0.15) is 0 Å². The first-order valence-electron chi connectivity index (χ1n) is 7.35. The second kappa shape index (κ2) is 6.70. The van der Waals surface area contributed by atoms with E-state index in [1.807, 2.05) is 6.92 Å². The van der Waals surface area contributed by atoms with Gasteiger partial charge in [0.15, 0.2) is 8.32 Å². The fourth-order valence-corrected chi connectivity index (χ4v) is 3.52. The van der Waals surface area contributed by atoms with Crippen molar-refractivity contribution in [2.45, 2.75) is 84.9 Å². The van der Waals surface area contributed by atoms with Crippen molar-refractivity contribution in [1.82, 2.24) is 0 Å². The number of hydrogen-bond donors (Lipinski definition) is 2. The summed E-state index contributed by atoms with van der Waals surface area (Å²) in [5.41, 5.74) is 0. The van der Waals surface area contributed by atoms with E-state index in [-0.39, 0.29) is 17.1 Å². The highest BCUT2D eigenvalue weighted by atomic mass is 28.4. The van der Waals surface area contributed by atoms with E-state index in [2.05, 4.69) is 47.7 Å². The van der Waals surface area contributed by atoms with Crippen LogP contribution in [0, 0.1) is 11.8 Å². The Hall–Kier alpha value is 0.0969. The maximum absolute atomic E-state index is 10.1. The maximum atomic E-state index is 10.1. The van der Waals surface area contributed by atoms with Crippen molar-refractivity contribution in [1.29, 1.82) is 0 Å². The number of rotatable bonds is 6. The topological polar surface area (TPSA) is 49.7 Å². The van der Waals surface area contributed by atoms with Crippen LogP contribution in [0.2, 0.25) is 18.1 Å². The lowest BCUT2D eigenvalue weighted by Crippen LogP contribution is -2.50. The predicted molar refractivity (Wildman–Crippen MR) is 83.8 cm³/mol. The summed E-state index contributed by atoms with van der Waals surface area (Å²) in [7, 11) is -1.87. The van der Waals surface area contributed by atoms with Crippen LogP contribution in [-0.2, 0) is 4.43 Å². The average Bonchev–Trinajstić information content (AvgIpc) is 2.21. The van der Waals surface area contributed by atoms with Crippen LogP contribution >= 0.6 is 0 Å².